The number of benzene rings is 2. The minimum Gasteiger partial charge on any atom is -0.423 e. The van der Waals surface area contributed by atoms with Gasteiger partial charge in [0.05, 0.1) is 0 Å². The fourth-order valence-corrected chi connectivity index (χ4v) is 3.47. The number of aromatic nitrogens is 1. The molecule has 0 aliphatic carbocycles. The number of halogens is 1. The van der Waals surface area contributed by atoms with E-state index in [0.29, 0.717) is 17.1 Å². The van der Waals surface area contributed by atoms with Crippen molar-refractivity contribution in [3.05, 3.63) is 59.1 Å². The van der Waals surface area contributed by atoms with Crippen LogP contribution in [0.1, 0.15) is 12.0 Å². The Bertz CT molecular complexity index is 833. The Kier molecular flexibility index (Phi) is 4.17. The Hall–Kier alpha value is -2.04. The Balaban J connectivity index is 1.45. The third-order valence-electron chi connectivity index (χ3n) is 4.69. The lowest BCUT2D eigenvalue weighted by Gasteiger charge is -2.23. The van der Waals surface area contributed by atoms with Gasteiger partial charge in [0.2, 0.25) is 0 Å². The first-order chi connectivity index (χ1) is 11.7. The minimum atomic E-state index is 0.414. The largest absolute Gasteiger partial charge is 0.423 e. The molecular weight excluding hydrogens is 322 g/mol. The summed E-state index contributed by atoms with van der Waals surface area (Å²) in [5.74, 6) is 0. The molecule has 4 nitrogen and oxygen atoms in total. The molecule has 1 aromatic heterocycles. The molecular formula is C19H20ClN3O. The first kappa shape index (κ1) is 15.5. The number of oxazole rings is 1. The lowest BCUT2D eigenvalue weighted by Crippen LogP contribution is -2.34. The average molecular weight is 342 g/mol. The molecule has 2 aromatic carbocycles. The summed E-state index contributed by atoms with van der Waals surface area (Å²) in [5, 5.41) is 0.669. The van der Waals surface area contributed by atoms with Crippen LogP contribution in [0.4, 0.5) is 6.01 Å². The molecule has 1 atom stereocenters. The van der Waals surface area contributed by atoms with Crippen molar-refractivity contribution in [2.45, 2.75) is 19.0 Å². The number of likely N-dealkylation sites (N-methyl/N-ethyl adjacent to an activating group) is 1. The number of hydrogen-bond donors (Lipinski definition) is 0. The second kappa shape index (κ2) is 6.46. The SMILES string of the molecule is CN(c1nc2ccc(Cl)cc2o1)C1CCN(Cc2ccccc2)C1. The predicted octanol–water partition coefficient (Wildman–Crippen LogP) is 4.19. The van der Waals surface area contributed by atoms with Gasteiger partial charge in [0, 0.05) is 43.8 Å². The molecule has 0 N–H and O–H groups in total. The highest BCUT2D eigenvalue weighted by Gasteiger charge is 2.28. The zero-order valence-electron chi connectivity index (χ0n) is 13.7. The summed E-state index contributed by atoms with van der Waals surface area (Å²) < 4.78 is 5.89. The number of hydrogen-bond acceptors (Lipinski definition) is 4. The lowest BCUT2D eigenvalue weighted by atomic mass is 10.2. The highest BCUT2D eigenvalue weighted by Crippen LogP contribution is 2.27. The van der Waals surface area contributed by atoms with E-state index in [-0.39, 0.29) is 0 Å². The van der Waals surface area contributed by atoms with Gasteiger partial charge < -0.3 is 9.32 Å². The van der Waals surface area contributed by atoms with Crippen molar-refractivity contribution >= 4 is 28.7 Å². The van der Waals surface area contributed by atoms with Gasteiger partial charge in [-0.3, -0.25) is 4.90 Å². The first-order valence-corrected chi connectivity index (χ1v) is 8.62. The van der Waals surface area contributed by atoms with E-state index in [0.717, 1.165) is 37.2 Å². The summed E-state index contributed by atoms with van der Waals surface area (Å²) in [7, 11) is 2.06. The molecule has 2 heterocycles. The van der Waals surface area contributed by atoms with Crippen molar-refractivity contribution < 1.29 is 4.42 Å². The number of rotatable bonds is 4. The van der Waals surface area contributed by atoms with Gasteiger partial charge in [-0.1, -0.05) is 41.9 Å². The van der Waals surface area contributed by atoms with Gasteiger partial charge in [0.25, 0.3) is 6.01 Å². The molecule has 0 bridgehead atoms. The van der Waals surface area contributed by atoms with Crippen molar-refractivity contribution in [1.82, 2.24) is 9.88 Å². The van der Waals surface area contributed by atoms with Crippen LogP contribution >= 0.6 is 11.6 Å². The third kappa shape index (κ3) is 3.12. The molecule has 1 saturated heterocycles. The fraction of sp³-hybridized carbons (Fsp3) is 0.316. The predicted molar refractivity (Wildman–Crippen MR) is 97.5 cm³/mol. The molecule has 1 fully saturated rings. The zero-order valence-corrected chi connectivity index (χ0v) is 14.4. The summed E-state index contributed by atoms with van der Waals surface area (Å²) >= 11 is 6.02. The number of fused-ring (bicyclic) bond motifs is 1. The second-order valence-corrected chi connectivity index (χ2v) is 6.82. The maximum atomic E-state index is 6.02. The summed E-state index contributed by atoms with van der Waals surface area (Å²) in [5.41, 5.74) is 2.95. The molecule has 0 amide bonds. The van der Waals surface area contributed by atoms with Gasteiger partial charge in [-0.2, -0.15) is 4.98 Å². The lowest BCUT2D eigenvalue weighted by molar-refractivity contribution is 0.325. The van der Waals surface area contributed by atoms with E-state index in [9.17, 15) is 0 Å². The van der Waals surface area contributed by atoms with E-state index in [1.54, 1.807) is 0 Å². The minimum absolute atomic E-state index is 0.414. The highest BCUT2D eigenvalue weighted by molar-refractivity contribution is 6.31. The van der Waals surface area contributed by atoms with E-state index >= 15 is 0 Å². The Morgan fingerprint density at radius 3 is 2.92 bits per heavy atom. The van der Waals surface area contributed by atoms with E-state index in [2.05, 4.69) is 52.2 Å². The molecule has 1 aliphatic heterocycles. The first-order valence-electron chi connectivity index (χ1n) is 8.24. The molecule has 3 aromatic rings. The second-order valence-electron chi connectivity index (χ2n) is 6.38. The number of anilines is 1. The van der Waals surface area contributed by atoms with Crippen molar-refractivity contribution in [1.29, 1.82) is 0 Å². The average Bonchev–Trinajstić information content (AvgIpc) is 3.21. The molecule has 0 radical (unpaired) electrons. The van der Waals surface area contributed by atoms with Crippen LogP contribution in [0.3, 0.4) is 0 Å². The van der Waals surface area contributed by atoms with Crippen molar-refractivity contribution in [3.63, 3.8) is 0 Å². The normalized spacial score (nSPS) is 18.3. The fourth-order valence-electron chi connectivity index (χ4n) is 3.31. The molecule has 24 heavy (non-hydrogen) atoms. The molecule has 4 rings (SSSR count). The maximum Gasteiger partial charge on any atom is 0.298 e. The van der Waals surface area contributed by atoms with Gasteiger partial charge in [-0.25, -0.2) is 0 Å². The van der Waals surface area contributed by atoms with Crippen molar-refractivity contribution in [2.24, 2.45) is 0 Å². The van der Waals surface area contributed by atoms with Crippen LogP contribution in [-0.2, 0) is 6.54 Å². The van der Waals surface area contributed by atoms with E-state index in [1.165, 1.54) is 5.56 Å². The Labute approximate surface area is 146 Å². The number of likely N-dealkylation sites (tertiary alicyclic amines) is 1. The van der Waals surface area contributed by atoms with Gasteiger partial charge in [0.15, 0.2) is 5.58 Å². The third-order valence-corrected chi connectivity index (χ3v) is 4.92. The van der Waals surface area contributed by atoms with E-state index in [1.807, 2.05) is 18.2 Å². The molecule has 0 spiro atoms. The zero-order chi connectivity index (χ0) is 16.5. The van der Waals surface area contributed by atoms with Crippen molar-refractivity contribution in [2.75, 3.05) is 25.0 Å². The van der Waals surface area contributed by atoms with Crippen LogP contribution in [0.15, 0.2) is 52.9 Å². The van der Waals surface area contributed by atoms with Crippen LogP contribution in [0.5, 0.6) is 0 Å². The van der Waals surface area contributed by atoms with E-state index in [4.69, 9.17) is 16.0 Å². The Morgan fingerprint density at radius 1 is 1.25 bits per heavy atom. The van der Waals surface area contributed by atoms with Gasteiger partial charge in [-0.05, 0) is 24.1 Å². The van der Waals surface area contributed by atoms with Crippen molar-refractivity contribution in [3.8, 4) is 0 Å². The summed E-state index contributed by atoms with van der Waals surface area (Å²) in [6.07, 6.45) is 1.11. The standard InChI is InChI=1S/C19H20ClN3O/c1-22(19-21-17-8-7-15(20)11-18(17)24-19)16-9-10-23(13-16)12-14-5-3-2-4-6-14/h2-8,11,16H,9-10,12-13H2,1H3. The van der Waals surface area contributed by atoms with Crippen LogP contribution in [0, 0.1) is 0 Å². The summed E-state index contributed by atoms with van der Waals surface area (Å²) in [6, 6.07) is 17.2. The highest BCUT2D eigenvalue weighted by atomic mass is 35.5. The smallest absolute Gasteiger partial charge is 0.298 e. The van der Waals surface area contributed by atoms with E-state index < -0.39 is 0 Å². The van der Waals surface area contributed by atoms with Crippen LogP contribution in [0.25, 0.3) is 11.1 Å². The summed E-state index contributed by atoms with van der Waals surface area (Å²) in [6.45, 7) is 3.11. The summed E-state index contributed by atoms with van der Waals surface area (Å²) in [4.78, 5) is 9.22. The number of nitrogens with zero attached hydrogens (tertiary/aromatic N) is 3. The van der Waals surface area contributed by atoms with Crippen LogP contribution in [0.2, 0.25) is 5.02 Å². The van der Waals surface area contributed by atoms with Gasteiger partial charge >= 0.3 is 0 Å². The molecule has 1 unspecified atom stereocenters. The Morgan fingerprint density at radius 2 is 2.08 bits per heavy atom. The monoisotopic (exact) mass is 341 g/mol. The van der Waals surface area contributed by atoms with Crippen LogP contribution < -0.4 is 4.90 Å². The van der Waals surface area contributed by atoms with Gasteiger partial charge in [0.1, 0.15) is 5.52 Å². The molecule has 124 valence electrons. The molecule has 0 saturated carbocycles. The molecule has 5 heteroatoms. The van der Waals surface area contributed by atoms with Gasteiger partial charge in [-0.15, -0.1) is 0 Å². The maximum absolute atomic E-state index is 6.02. The topological polar surface area (TPSA) is 32.5 Å². The molecule has 1 aliphatic rings. The quantitative estimate of drug-likeness (QED) is 0.712. The van der Waals surface area contributed by atoms with Crippen LogP contribution in [-0.4, -0.2) is 36.1 Å².